The lowest BCUT2D eigenvalue weighted by Gasteiger charge is -2.13. The minimum Gasteiger partial charge on any atom is -0.492 e. The van der Waals surface area contributed by atoms with Gasteiger partial charge in [-0.2, -0.15) is 5.10 Å². The van der Waals surface area contributed by atoms with E-state index in [0.29, 0.717) is 36.9 Å². The van der Waals surface area contributed by atoms with Gasteiger partial charge in [-0.25, -0.2) is 5.43 Å². The Morgan fingerprint density at radius 1 is 0.939 bits per heavy atom. The highest BCUT2D eigenvalue weighted by Gasteiger charge is 2.12. The van der Waals surface area contributed by atoms with E-state index in [-0.39, 0.29) is 5.91 Å². The number of ether oxygens (including phenoxy) is 3. The van der Waals surface area contributed by atoms with Crippen LogP contribution in [-0.4, -0.2) is 25.3 Å². The standard InChI is InChI=1S/C26H27BrN2O4/c1-3-14-32-23-12-10-20(15-22(23)27)17-28-29-26(30)21-11-13-24(25(16-21)31-4-2)33-18-19-8-6-5-7-9-19/h5-13,15-17H,3-4,14,18H2,1-2H3,(H,29,30)/b28-17+. The number of hydrogen-bond donors (Lipinski definition) is 1. The number of hydrogen-bond acceptors (Lipinski definition) is 5. The highest BCUT2D eigenvalue weighted by Crippen LogP contribution is 2.29. The molecule has 0 heterocycles. The topological polar surface area (TPSA) is 69.2 Å². The van der Waals surface area contributed by atoms with Gasteiger partial charge in [-0.05, 0) is 76.8 Å². The molecule has 0 aliphatic carbocycles. The summed E-state index contributed by atoms with van der Waals surface area (Å²) in [6.45, 7) is 5.46. The molecule has 0 aromatic heterocycles. The molecule has 6 nitrogen and oxygen atoms in total. The molecule has 0 unspecified atom stereocenters. The number of carbonyl (C=O) groups is 1. The summed E-state index contributed by atoms with van der Waals surface area (Å²) in [6.07, 6.45) is 2.51. The van der Waals surface area contributed by atoms with Crippen molar-refractivity contribution >= 4 is 28.1 Å². The van der Waals surface area contributed by atoms with Crippen LogP contribution in [0.4, 0.5) is 0 Å². The molecule has 1 N–H and O–H groups in total. The fourth-order valence-corrected chi connectivity index (χ4v) is 3.44. The number of nitrogens with zero attached hydrogens (tertiary/aromatic N) is 1. The minimum absolute atomic E-state index is 0.344. The Balaban J connectivity index is 1.63. The van der Waals surface area contributed by atoms with Crippen LogP contribution >= 0.6 is 15.9 Å². The number of halogens is 1. The van der Waals surface area contributed by atoms with E-state index in [1.165, 1.54) is 0 Å². The van der Waals surface area contributed by atoms with E-state index in [2.05, 4.69) is 33.4 Å². The van der Waals surface area contributed by atoms with Crippen molar-refractivity contribution in [2.24, 2.45) is 5.10 Å². The number of carbonyl (C=O) groups excluding carboxylic acids is 1. The third-order valence-corrected chi connectivity index (χ3v) is 5.16. The van der Waals surface area contributed by atoms with Gasteiger partial charge < -0.3 is 14.2 Å². The summed E-state index contributed by atoms with van der Waals surface area (Å²) in [6, 6.07) is 20.6. The molecule has 0 spiro atoms. The molecule has 0 fully saturated rings. The molecule has 0 bridgehead atoms. The van der Waals surface area contributed by atoms with Crippen molar-refractivity contribution in [3.63, 3.8) is 0 Å². The monoisotopic (exact) mass is 510 g/mol. The zero-order valence-corrected chi connectivity index (χ0v) is 20.3. The summed E-state index contributed by atoms with van der Waals surface area (Å²) < 4.78 is 18.0. The third-order valence-electron chi connectivity index (χ3n) is 4.54. The summed E-state index contributed by atoms with van der Waals surface area (Å²) in [4.78, 5) is 12.6. The number of benzene rings is 3. The Morgan fingerprint density at radius 2 is 1.73 bits per heavy atom. The Bertz CT molecular complexity index is 1090. The lowest BCUT2D eigenvalue weighted by atomic mass is 10.2. The molecular formula is C26H27BrN2O4. The number of nitrogens with one attached hydrogen (secondary N) is 1. The van der Waals surface area contributed by atoms with Gasteiger partial charge in [0.15, 0.2) is 11.5 Å². The van der Waals surface area contributed by atoms with Crippen molar-refractivity contribution in [2.75, 3.05) is 13.2 Å². The highest BCUT2D eigenvalue weighted by molar-refractivity contribution is 9.10. The summed E-state index contributed by atoms with van der Waals surface area (Å²) in [7, 11) is 0. The first kappa shape index (κ1) is 24.3. The normalized spacial score (nSPS) is 10.8. The largest absolute Gasteiger partial charge is 0.492 e. The first-order chi connectivity index (χ1) is 16.1. The van der Waals surface area contributed by atoms with Crippen molar-refractivity contribution in [3.05, 3.63) is 87.9 Å². The van der Waals surface area contributed by atoms with Gasteiger partial charge in [0.2, 0.25) is 0 Å². The van der Waals surface area contributed by atoms with E-state index in [9.17, 15) is 4.79 Å². The van der Waals surface area contributed by atoms with Gasteiger partial charge in [-0.1, -0.05) is 37.3 Å². The average Bonchev–Trinajstić information content (AvgIpc) is 2.83. The summed E-state index contributed by atoms with van der Waals surface area (Å²) >= 11 is 3.49. The van der Waals surface area contributed by atoms with Crippen molar-refractivity contribution in [3.8, 4) is 17.2 Å². The van der Waals surface area contributed by atoms with E-state index in [1.54, 1.807) is 24.4 Å². The van der Waals surface area contributed by atoms with Crippen LogP contribution in [0.3, 0.4) is 0 Å². The molecule has 7 heteroatoms. The Labute approximate surface area is 202 Å². The van der Waals surface area contributed by atoms with Gasteiger partial charge in [0, 0.05) is 5.56 Å². The number of rotatable bonds is 11. The summed E-state index contributed by atoms with van der Waals surface area (Å²) in [5.74, 6) is 1.52. The zero-order valence-electron chi connectivity index (χ0n) is 18.7. The van der Waals surface area contributed by atoms with Gasteiger partial charge in [-0.15, -0.1) is 0 Å². The van der Waals surface area contributed by atoms with Crippen LogP contribution in [-0.2, 0) is 6.61 Å². The third kappa shape index (κ3) is 7.36. The second-order valence-electron chi connectivity index (χ2n) is 7.11. The molecule has 0 saturated heterocycles. The Kier molecular flexibility index (Phi) is 9.32. The smallest absolute Gasteiger partial charge is 0.271 e. The molecule has 3 aromatic rings. The van der Waals surface area contributed by atoms with E-state index in [0.717, 1.165) is 27.8 Å². The van der Waals surface area contributed by atoms with Crippen LogP contribution in [0.15, 0.2) is 76.3 Å². The SMILES string of the molecule is CCCOc1ccc(/C=N/NC(=O)c2ccc(OCc3ccccc3)c(OCC)c2)cc1Br. The van der Waals surface area contributed by atoms with E-state index in [4.69, 9.17) is 14.2 Å². The first-order valence-electron chi connectivity index (χ1n) is 10.8. The molecule has 3 rings (SSSR count). The molecule has 172 valence electrons. The van der Waals surface area contributed by atoms with Crippen LogP contribution in [0.2, 0.25) is 0 Å². The number of amides is 1. The molecular weight excluding hydrogens is 484 g/mol. The molecule has 0 aliphatic heterocycles. The highest BCUT2D eigenvalue weighted by atomic mass is 79.9. The lowest BCUT2D eigenvalue weighted by Crippen LogP contribution is -2.17. The van der Waals surface area contributed by atoms with Crippen LogP contribution in [0.5, 0.6) is 17.2 Å². The van der Waals surface area contributed by atoms with Gasteiger partial charge >= 0.3 is 0 Å². The maximum absolute atomic E-state index is 12.6. The fourth-order valence-electron chi connectivity index (χ4n) is 2.93. The predicted molar refractivity (Wildman–Crippen MR) is 133 cm³/mol. The van der Waals surface area contributed by atoms with Crippen LogP contribution in [0.1, 0.15) is 41.8 Å². The fraction of sp³-hybridized carbons (Fsp3) is 0.231. The molecule has 0 saturated carbocycles. The minimum atomic E-state index is -0.344. The van der Waals surface area contributed by atoms with Gasteiger partial charge in [0.1, 0.15) is 12.4 Å². The van der Waals surface area contributed by atoms with Gasteiger partial charge in [0.25, 0.3) is 5.91 Å². The molecule has 3 aromatic carbocycles. The average molecular weight is 511 g/mol. The van der Waals surface area contributed by atoms with Crippen molar-refractivity contribution in [1.29, 1.82) is 0 Å². The Morgan fingerprint density at radius 3 is 2.45 bits per heavy atom. The maximum atomic E-state index is 12.6. The van der Waals surface area contributed by atoms with E-state index >= 15 is 0 Å². The maximum Gasteiger partial charge on any atom is 0.271 e. The predicted octanol–water partition coefficient (Wildman–Crippen LogP) is 5.98. The summed E-state index contributed by atoms with van der Waals surface area (Å²) in [5.41, 5.74) is 4.85. The van der Waals surface area contributed by atoms with Gasteiger partial charge in [0.05, 0.1) is 23.9 Å². The van der Waals surface area contributed by atoms with Crippen LogP contribution in [0.25, 0.3) is 0 Å². The number of hydrazone groups is 1. The first-order valence-corrected chi connectivity index (χ1v) is 11.6. The van der Waals surface area contributed by atoms with Crippen LogP contribution < -0.4 is 19.6 Å². The molecule has 1 amide bonds. The zero-order chi connectivity index (χ0) is 23.5. The molecule has 0 aliphatic rings. The van der Waals surface area contributed by atoms with Gasteiger partial charge in [-0.3, -0.25) is 4.79 Å². The van der Waals surface area contributed by atoms with E-state index < -0.39 is 0 Å². The second-order valence-corrected chi connectivity index (χ2v) is 7.96. The van der Waals surface area contributed by atoms with Crippen molar-refractivity contribution in [2.45, 2.75) is 26.9 Å². The summed E-state index contributed by atoms with van der Waals surface area (Å²) in [5, 5.41) is 4.07. The van der Waals surface area contributed by atoms with Crippen molar-refractivity contribution in [1.82, 2.24) is 5.43 Å². The molecule has 0 radical (unpaired) electrons. The Hall–Kier alpha value is -3.32. The van der Waals surface area contributed by atoms with Crippen molar-refractivity contribution < 1.29 is 19.0 Å². The molecule has 33 heavy (non-hydrogen) atoms. The second kappa shape index (κ2) is 12.6. The lowest BCUT2D eigenvalue weighted by molar-refractivity contribution is 0.0954. The molecule has 0 atom stereocenters. The van der Waals surface area contributed by atoms with E-state index in [1.807, 2.05) is 55.5 Å². The van der Waals surface area contributed by atoms with Crippen LogP contribution in [0, 0.1) is 0 Å². The quantitative estimate of drug-likeness (QED) is 0.254.